The summed E-state index contributed by atoms with van der Waals surface area (Å²) in [7, 11) is 0. The third-order valence-electron chi connectivity index (χ3n) is 3.25. The number of rotatable bonds is 8. The summed E-state index contributed by atoms with van der Waals surface area (Å²) < 4.78 is 0. The van der Waals surface area contributed by atoms with Gasteiger partial charge in [0.25, 0.3) is 5.69 Å². The molecule has 1 aromatic heterocycles. The number of nitrogens with zero attached hydrogens (tertiary/aromatic N) is 2. The van der Waals surface area contributed by atoms with E-state index in [1.807, 2.05) is 20.8 Å². The van der Waals surface area contributed by atoms with Gasteiger partial charge in [0.05, 0.1) is 17.1 Å². The molecule has 0 fully saturated rings. The van der Waals surface area contributed by atoms with Gasteiger partial charge in [0.1, 0.15) is 11.6 Å². The highest BCUT2D eigenvalue weighted by Gasteiger charge is 2.23. The molecule has 0 amide bonds. The second kappa shape index (κ2) is 7.04. The average Bonchev–Trinajstić information content (AvgIpc) is 2.39. The van der Waals surface area contributed by atoms with E-state index in [0.29, 0.717) is 24.6 Å². The highest BCUT2D eigenvalue weighted by Crippen LogP contribution is 2.25. The van der Waals surface area contributed by atoms with Gasteiger partial charge in [-0.2, -0.15) is 0 Å². The van der Waals surface area contributed by atoms with Crippen LogP contribution in [0.4, 0.5) is 17.3 Å². The predicted molar refractivity (Wildman–Crippen MR) is 79.1 cm³/mol. The number of aliphatic hydroxyl groups excluding tert-OH is 1. The number of hydrogen-bond acceptors (Lipinski definition) is 6. The van der Waals surface area contributed by atoms with Gasteiger partial charge in [-0.1, -0.05) is 6.92 Å². The molecule has 20 heavy (non-hydrogen) atoms. The first-order valence-electron chi connectivity index (χ1n) is 6.73. The van der Waals surface area contributed by atoms with Gasteiger partial charge in [0.15, 0.2) is 0 Å². The summed E-state index contributed by atoms with van der Waals surface area (Å²) in [5.74, 6) is 0.902. The Kier molecular flexibility index (Phi) is 5.69. The molecule has 1 atom stereocenters. The molecular weight excluding hydrogens is 260 g/mol. The zero-order chi connectivity index (χ0) is 15.2. The molecule has 0 saturated heterocycles. The van der Waals surface area contributed by atoms with Crippen LogP contribution in [0.2, 0.25) is 0 Å². The zero-order valence-corrected chi connectivity index (χ0v) is 12.1. The standard InChI is InChI=1S/C13H22N4O3/c1-4-13(3,6-7-18)16-12-9-10(17(19)20)8-11(15-12)14-5-2/h8-9,18H,4-7H2,1-3H3,(H2,14,15,16). The average molecular weight is 282 g/mol. The number of hydrogen-bond donors (Lipinski definition) is 3. The lowest BCUT2D eigenvalue weighted by atomic mass is 9.95. The molecule has 0 saturated carbocycles. The van der Waals surface area contributed by atoms with Gasteiger partial charge < -0.3 is 15.7 Å². The van der Waals surface area contributed by atoms with Crippen LogP contribution in [0.5, 0.6) is 0 Å². The van der Waals surface area contributed by atoms with Crippen molar-refractivity contribution in [3.63, 3.8) is 0 Å². The van der Waals surface area contributed by atoms with E-state index in [9.17, 15) is 10.1 Å². The summed E-state index contributed by atoms with van der Waals surface area (Å²) in [6.45, 7) is 6.53. The van der Waals surface area contributed by atoms with Gasteiger partial charge in [-0.15, -0.1) is 0 Å². The van der Waals surface area contributed by atoms with Gasteiger partial charge in [-0.3, -0.25) is 10.1 Å². The quantitative estimate of drug-likeness (QED) is 0.500. The van der Waals surface area contributed by atoms with Gasteiger partial charge in [-0.25, -0.2) is 4.98 Å². The Labute approximate surface area is 118 Å². The Morgan fingerprint density at radius 1 is 1.40 bits per heavy atom. The SMILES string of the molecule is CCNc1cc([N+](=O)[O-])cc(NC(C)(CC)CCO)n1. The molecule has 3 N–H and O–H groups in total. The fourth-order valence-corrected chi connectivity index (χ4v) is 1.84. The van der Waals surface area contributed by atoms with Crippen molar-refractivity contribution in [2.45, 2.75) is 39.2 Å². The first kappa shape index (κ1) is 16.2. The normalized spacial score (nSPS) is 13.6. The number of nitro groups is 1. The summed E-state index contributed by atoms with van der Waals surface area (Å²) in [6, 6.07) is 2.82. The van der Waals surface area contributed by atoms with Crippen LogP contribution < -0.4 is 10.6 Å². The number of aromatic nitrogens is 1. The van der Waals surface area contributed by atoms with Gasteiger partial charge in [0, 0.05) is 18.7 Å². The van der Waals surface area contributed by atoms with Crippen LogP contribution in [0.15, 0.2) is 12.1 Å². The van der Waals surface area contributed by atoms with Gasteiger partial charge in [-0.05, 0) is 26.7 Å². The smallest absolute Gasteiger partial charge is 0.276 e. The van der Waals surface area contributed by atoms with Crippen LogP contribution in [-0.2, 0) is 0 Å². The van der Waals surface area contributed by atoms with Crippen LogP contribution in [0.1, 0.15) is 33.6 Å². The largest absolute Gasteiger partial charge is 0.396 e. The van der Waals surface area contributed by atoms with Gasteiger partial charge in [0.2, 0.25) is 0 Å². The topological polar surface area (TPSA) is 100 Å². The monoisotopic (exact) mass is 282 g/mol. The highest BCUT2D eigenvalue weighted by molar-refractivity contribution is 5.55. The Hall–Kier alpha value is -1.89. The van der Waals surface area contributed by atoms with Crippen molar-refractivity contribution in [3.8, 4) is 0 Å². The zero-order valence-electron chi connectivity index (χ0n) is 12.1. The van der Waals surface area contributed by atoms with E-state index in [4.69, 9.17) is 5.11 Å². The van der Waals surface area contributed by atoms with E-state index in [1.54, 1.807) is 0 Å². The van der Waals surface area contributed by atoms with E-state index in [1.165, 1.54) is 12.1 Å². The minimum Gasteiger partial charge on any atom is -0.396 e. The summed E-state index contributed by atoms with van der Waals surface area (Å²) in [5, 5.41) is 26.2. The third-order valence-corrected chi connectivity index (χ3v) is 3.25. The molecule has 1 aromatic rings. The predicted octanol–water partition coefficient (Wildman–Crippen LogP) is 2.38. The summed E-state index contributed by atoms with van der Waals surface area (Å²) in [5.41, 5.74) is -0.360. The van der Waals surface area contributed by atoms with E-state index in [-0.39, 0.29) is 17.8 Å². The Bertz CT molecular complexity index is 467. The molecule has 7 heteroatoms. The van der Waals surface area contributed by atoms with Crippen molar-refractivity contribution in [1.82, 2.24) is 4.98 Å². The molecule has 0 radical (unpaired) electrons. The van der Waals surface area contributed by atoms with E-state index < -0.39 is 4.92 Å². The maximum Gasteiger partial charge on any atom is 0.276 e. The Morgan fingerprint density at radius 2 is 2.05 bits per heavy atom. The van der Waals surface area contributed by atoms with Crippen molar-refractivity contribution in [2.75, 3.05) is 23.8 Å². The highest BCUT2D eigenvalue weighted by atomic mass is 16.6. The summed E-state index contributed by atoms with van der Waals surface area (Å²) >= 11 is 0. The van der Waals surface area contributed by atoms with Crippen molar-refractivity contribution in [3.05, 3.63) is 22.2 Å². The fraction of sp³-hybridized carbons (Fsp3) is 0.615. The van der Waals surface area contributed by atoms with E-state index in [2.05, 4.69) is 15.6 Å². The molecule has 0 aromatic carbocycles. The lowest BCUT2D eigenvalue weighted by molar-refractivity contribution is -0.384. The first-order chi connectivity index (χ1) is 9.44. The first-order valence-corrected chi connectivity index (χ1v) is 6.73. The van der Waals surface area contributed by atoms with Crippen LogP contribution in [0, 0.1) is 10.1 Å². The number of anilines is 2. The molecule has 1 rings (SSSR count). The molecule has 1 heterocycles. The maximum atomic E-state index is 11.0. The van der Waals surface area contributed by atoms with Crippen LogP contribution in [0.25, 0.3) is 0 Å². The summed E-state index contributed by atoms with van der Waals surface area (Å²) in [6.07, 6.45) is 1.32. The molecule has 1 unspecified atom stereocenters. The van der Waals surface area contributed by atoms with Crippen LogP contribution in [0.3, 0.4) is 0 Å². The lowest BCUT2D eigenvalue weighted by Crippen LogP contribution is -2.35. The third kappa shape index (κ3) is 4.34. The molecule has 7 nitrogen and oxygen atoms in total. The van der Waals surface area contributed by atoms with Gasteiger partial charge >= 0.3 is 0 Å². The number of pyridine rings is 1. The Morgan fingerprint density at radius 3 is 2.55 bits per heavy atom. The van der Waals surface area contributed by atoms with Crippen LogP contribution >= 0.6 is 0 Å². The second-order valence-corrected chi connectivity index (χ2v) is 4.90. The molecule has 0 aliphatic rings. The van der Waals surface area contributed by atoms with Crippen molar-refractivity contribution >= 4 is 17.3 Å². The molecule has 0 spiro atoms. The summed E-state index contributed by atoms with van der Waals surface area (Å²) in [4.78, 5) is 14.8. The maximum absolute atomic E-state index is 11.0. The number of nitrogens with one attached hydrogen (secondary N) is 2. The van der Waals surface area contributed by atoms with E-state index >= 15 is 0 Å². The molecule has 0 bridgehead atoms. The van der Waals surface area contributed by atoms with E-state index in [0.717, 1.165) is 6.42 Å². The number of aliphatic hydroxyl groups is 1. The van der Waals surface area contributed by atoms with Crippen LogP contribution in [-0.4, -0.2) is 33.7 Å². The molecular formula is C13H22N4O3. The van der Waals surface area contributed by atoms with Crippen molar-refractivity contribution in [1.29, 1.82) is 0 Å². The molecule has 0 aliphatic heterocycles. The molecule has 112 valence electrons. The fourth-order valence-electron chi connectivity index (χ4n) is 1.84. The van der Waals surface area contributed by atoms with Crippen molar-refractivity contribution < 1.29 is 10.0 Å². The lowest BCUT2D eigenvalue weighted by Gasteiger charge is -2.29. The van der Waals surface area contributed by atoms with Crippen molar-refractivity contribution in [2.24, 2.45) is 0 Å². The molecule has 0 aliphatic carbocycles. The second-order valence-electron chi connectivity index (χ2n) is 4.90. The minimum absolute atomic E-state index is 0.0131. The Balaban J connectivity index is 3.06. The minimum atomic E-state index is -0.441.